The van der Waals surface area contributed by atoms with Crippen LogP contribution in [-0.2, 0) is 16.0 Å². The molecule has 1 fully saturated rings. The van der Waals surface area contributed by atoms with Crippen LogP contribution in [0.15, 0.2) is 30.3 Å². The summed E-state index contributed by atoms with van der Waals surface area (Å²) in [4.78, 5) is 40.8. The fourth-order valence-corrected chi connectivity index (χ4v) is 3.51. The average Bonchev–Trinajstić information content (AvgIpc) is 2.73. The van der Waals surface area contributed by atoms with Gasteiger partial charge in [0.1, 0.15) is 11.9 Å². The number of amides is 4. The second kappa shape index (κ2) is 11.7. The zero-order valence-electron chi connectivity index (χ0n) is 17.2. The Balaban J connectivity index is 2.00. The lowest BCUT2D eigenvalue weighted by Crippen LogP contribution is -2.60. The molecule has 0 bridgehead atoms. The fourth-order valence-electron chi connectivity index (χ4n) is 3.44. The molecule has 2 rings (SSSR count). The number of nitrogens with one attached hydrogen (secondary N) is 2. The monoisotopic (exact) mass is 422 g/mol. The lowest BCUT2D eigenvalue weighted by molar-refractivity contribution is -0.138. The molecule has 1 saturated heterocycles. The summed E-state index contributed by atoms with van der Waals surface area (Å²) < 4.78 is 0. The predicted octanol–water partition coefficient (Wildman–Crippen LogP) is 2.00. The number of unbranched alkanes of at least 4 members (excludes halogenated alkanes) is 1. The maximum absolute atomic E-state index is 13.1. The maximum Gasteiger partial charge on any atom is 0.317 e. The van der Waals surface area contributed by atoms with Gasteiger partial charge in [-0.1, -0.05) is 43.7 Å². The van der Waals surface area contributed by atoms with Crippen molar-refractivity contribution in [2.45, 2.75) is 45.2 Å². The summed E-state index contributed by atoms with van der Waals surface area (Å²) in [5, 5.41) is 5.67. The summed E-state index contributed by atoms with van der Waals surface area (Å²) in [6.07, 6.45) is 2.36. The van der Waals surface area contributed by atoms with E-state index in [9.17, 15) is 14.4 Å². The second-order valence-corrected chi connectivity index (χ2v) is 7.62. The van der Waals surface area contributed by atoms with Crippen LogP contribution in [0.2, 0.25) is 0 Å². The highest BCUT2D eigenvalue weighted by atomic mass is 35.5. The van der Waals surface area contributed by atoms with E-state index in [-0.39, 0.29) is 29.8 Å². The third kappa shape index (κ3) is 6.92. The minimum absolute atomic E-state index is 0.0886. The number of halogens is 1. The number of piperazine rings is 1. The number of urea groups is 1. The first kappa shape index (κ1) is 23.0. The predicted molar refractivity (Wildman–Crippen MR) is 114 cm³/mol. The average molecular weight is 423 g/mol. The number of nitrogens with zero attached hydrogens (tertiary/aromatic N) is 2. The second-order valence-electron chi connectivity index (χ2n) is 7.36. The number of carbonyl (C=O) groups is 3. The van der Waals surface area contributed by atoms with E-state index in [0.29, 0.717) is 32.6 Å². The molecule has 4 amide bonds. The SMILES string of the molecule is CCCCNC(=O)N1CCN(C(=O)C(Cc2ccccc2)NC(=O)CCl)CC1C. The number of carbonyl (C=O) groups excluding carboxylic acids is 3. The van der Waals surface area contributed by atoms with Gasteiger partial charge in [-0.25, -0.2) is 4.79 Å². The molecule has 1 heterocycles. The molecule has 2 unspecified atom stereocenters. The van der Waals surface area contributed by atoms with E-state index in [1.54, 1.807) is 9.80 Å². The highest BCUT2D eigenvalue weighted by Crippen LogP contribution is 2.13. The van der Waals surface area contributed by atoms with Gasteiger partial charge in [0.25, 0.3) is 0 Å². The number of alkyl halides is 1. The van der Waals surface area contributed by atoms with Crippen molar-refractivity contribution < 1.29 is 14.4 Å². The van der Waals surface area contributed by atoms with Gasteiger partial charge in [-0.2, -0.15) is 0 Å². The number of hydrogen-bond acceptors (Lipinski definition) is 3. The fraction of sp³-hybridized carbons (Fsp3) is 0.571. The van der Waals surface area contributed by atoms with Gasteiger partial charge in [0.2, 0.25) is 11.8 Å². The van der Waals surface area contributed by atoms with Gasteiger partial charge in [0.15, 0.2) is 0 Å². The molecular formula is C21H31ClN4O3. The first-order valence-electron chi connectivity index (χ1n) is 10.2. The molecule has 1 aliphatic rings. The minimum atomic E-state index is -0.680. The van der Waals surface area contributed by atoms with E-state index < -0.39 is 6.04 Å². The Morgan fingerprint density at radius 2 is 1.93 bits per heavy atom. The quantitative estimate of drug-likeness (QED) is 0.496. The van der Waals surface area contributed by atoms with Gasteiger partial charge in [0, 0.05) is 38.6 Å². The standard InChI is InChI=1S/C21H31ClN4O3/c1-3-4-10-23-21(29)26-12-11-25(15-16(26)2)20(28)18(24-19(27)14-22)13-17-8-6-5-7-9-17/h5-9,16,18H,3-4,10-15H2,1-2H3,(H,23,29)(H,24,27). The number of rotatable bonds is 8. The lowest BCUT2D eigenvalue weighted by Gasteiger charge is -2.41. The molecule has 1 aromatic rings. The van der Waals surface area contributed by atoms with E-state index in [4.69, 9.17) is 11.6 Å². The molecule has 1 aromatic carbocycles. The van der Waals surface area contributed by atoms with Crippen molar-refractivity contribution in [3.8, 4) is 0 Å². The van der Waals surface area contributed by atoms with Gasteiger partial charge in [0.05, 0.1) is 0 Å². The summed E-state index contributed by atoms with van der Waals surface area (Å²) in [5.74, 6) is -0.714. The minimum Gasteiger partial charge on any atom is -0.343 e. The maximum atomic E-state index is 13.1. The molecule has 29 heavy (non-hydrogen) atoms. The van der Waals surface area contributed by atoms with E-state index in [2.05, 4.69) is 17.6 Å². The van der Waals surface area contributed by atoms with Crippen molar-refractivity contribution in [3.63, 3.8) is 0 Å². The van der Waals surface area contributed by atoms with Crippen molar-refractivity contribution in [2.75, 3.05) is 32.1 Å². The normalized spacial score (nSPS) is 17.6. The molecule has 160 valence electrons. The van der Waals surface area contributed by atoms with Crippen molar-refractivity contribution in [2.24, 2.45) is 0 Å². The van der Waals surface area contributed by atoms with Crippen LogP contribution in [0.4, 0.5) is 4.79 Å². The summed E-state index contributed by atoms with van der Waals surface area (Å²) in [6.45, 7) is 6.00. The molecule has 0 radical (unpaired) electrons. The van der Waals surface area contributed by atoms with Crippen LogP contribution in [0.1, 0.15) is 32.3 Å². The molecular weight excluding hydrogens is 392 g/mol. The van der Waals surface area contributed by atoms with Gasteiger partial charge in [-0.3, -0.25) is 9.59 Å². The van der Waals surface area contributed by atoms with Crippen LogP contribution in [0.3, 0.4) is 0 Å². The van der Waals surface area contributed by atoms with Gasteiger partial charge < -0.3 is 20.4 Å². The van der Waals surface area contributed by atoms with Crippen LogP contribution in [0.25, 0.3) is 0 Å². The molecule has 8 heteroatoms. The molecule has 2 N–H and O–H groups in total. The lowest BCUT2D eigenvalue weighted by atomic mass is 10.0. The van der Waals surface area contributed by atoms with Crippen LogP contribution in [-0.4, -0.2) is 71.8 Å². The third-order valence-corrected chi connectivity index (χ3v) is 5.29. The Bertz CT molecular complexity index is 686. The van der Waals surface area contributed by atoms with Gasteiger partial charge in [-0.15, -0.1) is 11.6 Å². The molecule has 0 aliphatic carbocycles. The highest BCUT2D eigenvalue weighted by Gasteiger charge is 2.33. The van der Waals surface area contributed by atoms with Crippen LogP contribution in [0, 0.1) is 0 Å². The van der Waals surface area contributed by atoms with Gasteiger partial charge in [-0.05, 0) is 18.9 Å². The Hall–Kier alpha value is -2.28. The van der Waals surface area contributed by atoms with Crippen LogP contribution in [0.5, 0.6) is 0 Å². The van der Waals surface area contributed by atoms with Crippen molar-refractivity contribution in [1.82, 2.24) is 20.4 Å². The van der Waals surface area contributed by atoms with Crippen molar-refractivity contribution in [1.29, 1.82) is 0 Å². The molecule has 0 saturated carbocycles. The largest absolute Gasteiger partial charge is 0.343 e. The zero-order chi connectivity index (χ0) is 21.2. The topological polar surface area (TPSA) is 81.8 Å². The van der Waals surface area contributed by atoms with E-state index >= 15 is 0 Å². The summed E-state index contributed by atoms with van der Waals surface area (Å²) >= 11 is 5.63. The molecule has 0 spiro atoms. The van der Waals surface area contributed by atoms with Crippen molar-refractivity contribution in [3.05, 3.63) is 35.9 Å². The first-order chi connectivity index (χ1) is 14.0. The number of hydrogen-bond donors (Lipinski definition) is 2. The van der Waals surface area contributed by atoms with Crippen molar-refractivity contribution >= 4 is 29.4 Å². The molecule has 2 atom stereocenters. The molecule has 7 nitrogen and oxygen atoms in total. The summed E-state index contributed by atoms with van der Waals surface area (Å²) in [5.41, 5.74) is 0.961. The van der Waals surface area contributed by atoms with E-state index in [1.165, 1.54) is 0 Å². The Morgan fingerprint density at radius 3 is 2.55 bits per heavy atom. The first-order valence-corrected chi connectivity index (χ1v) is 10.7. The number of benzene rings is 1. The van der Waals surface area contributed by atoms with Crippen LogP contribution >= 0.6 is 11.6 Å². The van der Waals surface area contributed by atoms with E-state index in [0.717, 1.165) is 18.4 Å². The third-order valence-electron chi connectivity index (χ3n) is 5.04. The smallest absolute Gasteiger partial charge is 0.317 e. The summed E-state index contributed by atoms with van der Waals surface area (Å²) in [7, 11) is 0. The molecule has 0 aromatic heterocycles. The summed E-state index contributed by atoms with van der Waals surface area (Å²) in [6, 6.07) is 8.69. The zero-order valence-corrected chi connectivity index (χ0v) is 18.0. The Kier molecular flexibility index (Phi) is 9.25. The van der Waals surface area contributed by atoms with E-state index in [1.807, 2.05) is 37.3 Å². The van der Waals surface area contributed by atoms with Gasteiger partial charge >= 0.3 is 6.03 Å². The van der Waals surface area contributed by atoms with Crippen LogP contribution < -0.4 is 10.6 Å². The molecule has 1 aliphatic heterocycles. The highest BCUT2D eigenvalue weighted by molar-refractivity contribution is 6.27. The Labute approximate surface area is 177 Å². The Morgan fingerprint density at radius 1 is 1.21 bits per heavy atom.